The van der Waals surface area contributed by atoms with Crippen LogP contribution in [-0.2, 0) is 9.53 Å². The van der Waals surface area contributed by atoms with Gasteiger partial charge in [-0.2, -0.15) is 0 Å². The normalized spacial score (nSPS) is 31.2. The molecule has 1 unspecified atom stereocenters. The van der Waals surface area contributed by atoms with Crippen LogP contribution in [0.4, 0.5) is 0 Å². The first-order valence-corrected chi connectivity index (χ1v) is 7.13. The Balaban J connectivity index is 1.87. The zero-order valence-corrected chi connectivity index (χ0v) is 11.3. The van der Waals surface area contributed by atoms with Crippen LogP contribution in [0, 0.1) is 5.41 Å². The number of amides is 1. The van der Waals surface area contributed by atoms with Gasteiger partial charge in [0.15, 0.2) is 0 Å². The molecule has 2 fully saturated rings. The topological polar surface area (TPSA) is 58.6 Å². The number of carbonyl (C=O) groups excluding carboxylic acids is 1. The summed E-state index contributed by atoms with van der Waals surface area (Å²) >= 11 is 0. The third-order valence-corrected chi connectivity index (χ3v) is 4.57. The van der Waals surface area contributed by atoms with E-state index in [4.69, 9.17) is 4.74 Å². The molecule has 2 rings (SSSR count). The lowest BCUT2D eigenvalue weighted by Crippen LogP contribution is -2.49. The number of aliphatic hydroxyl groups excluding tert-OH is 1. The number of aliphatic hydroxyl groups is 1. The SMILES string of the molecule is CC1(C(=O)NCC2(CO)CCCCC2)CCCO1. The van der Waals surface area contributed by atoms with Crippen molar-refractivity contribution in [1.29, 1.82) is 0 Å². The van der Waals surface area contributed by atoms with Crippen molar-refractivity contribution in [1.82, 2.24) is 5.32 Å². The van der Waals surface area contributed by atoms with E-state index in [9.17, 15) is 9.90 Å². The Bertz CT molecular complexity index is 291. The van der Waals surface area contributed by atoms with Gasteiger partial charge < -0.3 is 15.2 Å². The summed E-state index contributed by atoms with van der Waals surface area (Å²) in [6.07, 6.45) is 7.34. The summed E-state index contributed by atoms with van der Waals surface area (Å²) in [5, 5.41) is 12.6. The molecule has 0 aromatic heterocycles. The molecule has 2 N–H and O–H groups in total. The predicted octanol–water partition coefficient (Wildman–Crippen LogP) is 1.61. The van der Waals surface area contributed by atoms with Crippen LogP contribution in [0.3, 0.4) is 0 Å². The second kappa shape index (κ2) is 5.57. The van der Waals surface area contributed by atoms with E-state index in [1.165, 1.54) is 6.42 Å². The van der Waals surface area contributed by atoms with Gasteiger partial charge in [0.05, 0.1) is 6.61 Å². The summed E-state index contributed by atoms with van der Waals surface area (Å²) in [6.45, 7) is 3.29. The van der Waals surface area contributed by atoms with Crippen LogP contribution in [0.25, 0.3) is 0 Å². The molecule has 0 aromatic rings. The minimum Gasteiger partial charge on any atom is -0.396 e. The zero-order valence-electron chi connectivity index (χ0n) is 11.3. The summed E-state index contributed by atoms with van der Waals surface area (Å²) in [6, 6.07) is 0. The molecule has 4 nitrogen and oxygen atoms in total. The molecule has 2 aliphatic rings. The fourth-order valence-electron chi connectivity index (χ4n) is 3.11. The van der Waals surface area contributed by atoms with Crippen LogP contribution in [0.5, 0.6) is 0 Å². The van der Waals surface area contributed by atoms with Gasteiger partial charge in [-0.3, -0.25) is 4.79 Å². The van der Waals surface area contributed by atoms with E-state index in [-0.39, 0.29) is 17.9 Å². The van der Waals surface area contributed by atoms with Crippen LogP contribution in [-0.4, -0.2) is 36.4 Å². The first-order valence-electron chi connectivity index (χ1n) is 7.13. The largest absolute Gasteiger partial charge is 0.396 e. The molecule has 104 valence electrons. The maximum atomic E-state index is 12.2. The van der Waals surface area contributed by atoms with Gasteiger partial charge in [0.2, 0.25) is 0 Å². The van der Waals surface area contributed by atoms with E-state index >= 15 is 0 Å². The second-order valence-corrected chi connectivity index (χ2v) is 6.08. The molecule has 1 aliphatic heterocycles. The van der Waals surface area contributed by atoms with Crippen molar-refractivity contribution in [3.05, 3.63) is 0 Å². The van der Waals surface area contributed by atoms with Gasteiger partial charge in [-0.25, -0.2) is 0 Å². The lowest BCUT2D eigenvalue weighted by atomic mass is 9.74. The van der Waals surface area contributed by atoms with Crippen LogP contribution in [0.1, 0.15) is 51.9 Å². The maximum Gasteiger partial charge on any atom is 0.251 e. The maximum absolute atomic E-state index is 12.2. The van der Waals surface area contributed by atoms with Crippen molar-refractivity contribution in [2.75, 3.05) is 19.8 Å². The van der Waals surface area contributed by atoms with Gasteiger partial charge >= 0.3 is 0 Å². The van der Waals surface area contributed by atoms with Crippen molar-refractivity contribution in [3.63, 3.8) is 0 Å². The van der Waals surface area contributed by atoms with E-state index in [2.05, 4.69) is 5.32 Å². The average Bonchev–Trinajstić information content (AvgIpc) is 2.85. The van der Waals surface area contributed by atoms with Crippen molar-refractivity contribution < 1.29 is 14.6 Å². The van der Waals surface area contributed by atoms with E-state index in [0.717, 1.165) is 38.5 Å². The fraction of sp³-hybridized carbons (Fsp3) is 0.929. The quantitative estimate of drug-likeness (QED) is 0.802. The Kier molecular flexibility index (Phi) is 4.28. The van der Waals surface area contributed by atoms with Gasteiger partial charge in [0, 0.05) is 18.6 Å². The number of ether oxygens (including phenoxy) is 1. The van der Waals surface area contributed by atoms with Gasteiger partial charge in [0.25, 0.3) is 5.91 Å². The lowest BCUT2D eigenvalue weighted by molar-refractivity contribution is -0.140. The van der Waals surface area contributed by atoms with Crippen LogP contribution in [0.2, 0.25) is 0 Å². The number of hydrogen-bond donors (Lipinski definition) is 2. The fourth-order valence-corrected chi connectivity index (χ4v) is 3.11. The molecule has 0 radical (unpaired) electrons. The molecule has 18 heavy (non-hydrogen) atoms. The number of nitrogens with one attached hydrogen (secondary N) is 1. The Hall–Kier alpha value is -0.610. The van der Waals surface area contributed by atoms with E-state index < -0.39 is 5.60 Å². The Morgan fingerprint density at radius 1 is 1.22 bits per heavy atom. The number of hydrogen-bond acceptors (Lipinski definition) is 3. The number of rotatable bonds is 4. The molecular weight excluding hydrogens is 230 g/mol. The third kappa shape index (κ3) is 2.86. The molecule has 1 atom stereocenters. The predicted molar refractivity (Wildman–Crippen MR) is 69.2 cm³/mol. The van der Waals surface area contributed by atoms with Crippen LogP contribution >= 0.6 is 0 Å². The first kappa shape index (κ1) is 13.8. The van der Waals surface area contributed by atoms with Gasteiger partial charge in [-0.15, -0.1) is 0 Å². The molecule has 1 aliphatic carbocycles. The highest BCUT2D eigenvalue weighted by Gasteiger charge is 2.39. The standard InChI is InChI=1S/C14H25NO3/c1-13(6-5-9-18-13)12(17)15-10-14(11-16)7-3-2-4-8-14/h16H,2-11H2,1H3,(H,15,17). The summed E-state index contributed by atoms with van der Waals surface area (Å²) in [7, 11) is 0. The van der Waals surface area contributed by atoms with Crippen LogP contribution < -0.4 is 5.32 Å². The van der Waals surface area contributed by atoms with Crippen LogP contribution in [0.15, 0.2) is 0 Å². The van der Waals surface area contributed by atoms with Crippen molar-refractivity contribution in [2.24, 2.45) is 5.41 Å². The number of carbonyl (C=O) groups is 1. The monoisotopic (exact) mass is 255 g/mol. The summed E-state index contributed by atoms with van der Waals surface area (Å²) in [5.74, 6) is -0.0154. The third-order valence-electron chi connectivity index (χ3n) is 4.57. The van der Waals surface area contributed by atoms with E-state index in [1.54, 1.807) is 0 Å². The zero-order chi connectivity index (χ0) is 13.1. The molecule has 1 heterocycles. The Labute approximate surface area is 109 Å². The molecule has 1 amide bonds. The molecule has 1 saturated heterocycles. The summed E-state index contributed by atoms with van der Waals surface area (Å²) in [5.41, 5.74) is -0.742. The highest BCUT2D eigenvalue weighted by Crippen LogP contribution is 2.35. The molecule has 0 spiro atoms. The summed E-state index contributed by atoms with van der Waals surface area (Å²) in [4.78, 5) is 12.2. The molecular formula is C14H25NO3. The van der Waals surface area contributed by atoms with Gasteiger partial charge in [0.1, 0.15) is 5.60 Å². The van der Waals surface area contributed by atoms with Gasteiger partial charge in [-0.1, -0.05) is 19.3 Å². The molecule has 1 saturated carbocycles. The minimum absolute atomic E-state index is 0.0154. The van der Waals surface area contributed by atoms with Gasteiger partial charge in [-0.05, 0) is 32.6 Å². The second-order valence-electron chi connectivity index (χ2n) is 6.08. The highest BCUT2D eigenvalue weighted by atomic mass is 16.5. The Morgan fingerprint density at radius 2 is 1.94 bits per heavy atom. The lowest BCUT2D eigenvalue weighted by Gasteiger charge is -2.36. The molecule has 4 heteroatoms. The van der Waals surface area contributed by atoms with E-state index in [0.29, 0.717) is 13.2 Å². The van der Waals surface area contributed by atoms with Crippen molar-refractivity contribution in [2.45, 2.75) is 57.5 Å². The molecule has 0 bridgehead atoms. The average molecular weight is 255 g/mol. The first-order chi connectivity index (χ1) is 8.60. The minimum atomic E-state index is -0.648. The summed E-state index contributed by atoms with van der Waals surface area (Å²) < 4.78 is 5.53. The smallest absolute Gasteiger partial charge is 0.251 e. The van der Waals surface area contributed by atoms with E-state index in [1.807, 2.05) is 6.92 Å². The van der Waals surface area contributed by atoms with Crippen molar-refractivity contribution in [3.8, 4) is 0 Å². The highest BCUT2D eigenvalue weighted by molar-refractivity contribution is 5.85. The molecule has 0 aromatic carbocycles. The van der Waals surface area contributed by atoms with Crippen molar-refractivity contribution >= 4 is 5.91 Å². The Morgan fingerprint density at radius 3 is 2.50 bits per heavy atom.